The zero-order valence-electron chi connectivity index (χ0n) is 16.5. The number of sulfonamides is 1. The second-order valence-electron chi connectivity index (χ2n) is 7.84. The highest BCUT2D eigenvalue weighted by molar-refractivity contribution is 7.89. The van der Waals surface area contributed by atoms with Crippen molar-refractivity contribution in [1.82, 2.24) is 9.21 Å². The number of hydrogen-bond acceptors (Lipinski definition) is 4. The number of methoxy groups -OCH3 is 1. The Bertz CT molecular complexity index is 785. The van der Waals surface area contributed by atoms with Crippen molar-refractivity contribution < 1.29 is 17.9 Å². The van der Waals surface area contributed by atoms with E-state index in [0.717, 1.165) is 25.1 Å². The van der Waals surface area contributed by atoms with Gasteiger partial charge in [-0.15, -0.1) is 0 Å². The summed E-state index contributed by atoms with van der Waals surface area (Å²) in [7, 11) is -1.97. The molecule has 1 amide bonds. The molecule has 2 saturated heterocycles. The molecule has 0 aromatic heterocycles. The zero-order valence-corrected chi connectivity index (χ0v) is 17.3. The molecule has 1 atom stereocenters. The van der Waals surface area contributed by atoms with Crippen molar-refractivity contribution in [2.45, 2.75) is 44.4 Å². The SMILES string of the molecule is COc1ccc(S(=O)(=O)N2CCC(C(=O)N3CCCC(C)C3)CC2)cc1C. The van der Waals surface area contributed by atoms with Crippen molar-refractivity contribution in [1.29, 1.82) is 0 Å². The lowest BCUT2D eigenvalue weighted by Gasteiger charge is -2.36. The van der Waals surface area contributed by atoms with Crippen LogP contribution in [0, 0.1) is 18.8 Å². The van der Waals surface area contributed by atoms with Crippen LogP contribution in [0.15, 0.2) is 23.1 Å². The number of benzene rings is 1. The van der Waals surface area contributed by atoms with E-state index in [1.165, 1.54) is 10.7 Å². The Labute approximate surface area is 162 Å². The fourth-order valence-corrected chi connectivity index (χ4v) is 5.71. The van der Waals surface area contributed by atoms with E-state index in [9.17, 15) is 13.2 Å². The van der Waals surface area contributed by atoms with E-state index in [1.807, 2.05) is 11.8 Å². The van der Waals surface area contributed by atoms with Crippen LogP contribution in [-0.4, -0.2) is 56.8 Å². The molecule has 150 valence electrons. The monoisotopic (exact) mass is 394 g/mol. The summed E-state index contributed by atoms with van der Waals surface area (Å²) < 4.78 is 32.6. The van der Waals surface area contributed by atoms with Crippen LogP contribution in [0.5, 0.6) is 5.75 Å². The molecule has 1 unspecified atom stereocenters. The fourth-order valence-electron chi connectivity index (χ4n) is 4.15. The molecular weight excluding hydrogens is 364 g/mol. The summed E-state index contributed by atoms with van der Waals surface area (Å²) in [6, 6.07) is 4.93. The van der Waals surface area contributed by atoms with Crippen molar-refractivity contribution in [2.75, 3.05) is 33.3 Å². The van der Waals surface area contributed by atoms with E-state index in [-0.39, 0.29) is 16.7 Å². The standard InChI is InChI=1S/C20H30N2O4S/c1-15-5-4-10-21(14-15)20(23)17-8-11-22(12-9-17)27(24,25)18-6-7-19(26-3)16(2)13-18/h6-7,13,15,17H,4-5,8-12,14H2,1-3H3. The summed E-state index contributed by atoms with van der Waals surface area (Å²) in [6.45, 7) is 6.49. The van der Waals surface area contributed by atoms with Crippen LogP contribution in [0.3, 0.4) is 0 Å². The molecule has 1 aromatic carbocycles. The van der Waals surface area contributed by atoms with Crippen LogP contribution in [0.1, 0.15) is 38.2 Å². The van der Waals surface area contributed by atoms with Gasteiger partial charge in [-0.2, -0.15) is 4.31 Å². The molecule has 2 aliphatic heterocycles. The summed E-state index contributed by atoms with van der Waals surface area (Å²) in [4.78, 5) is 15.1. The lowest BCUT2D eigenvalue weighted by atomic mass is 9.93. The highest BCUT2D eigenvalue weighted by atomic mass is 32.2. The molecule has 2 fully saturated rings. The summed E-state index contributed by atoms with van der Waals surface area (Å²) in [5.74, 6) is 1.38. The van der Waals surface area contributed by atoms with E-state index >= 15 is 0 Å². The smallest absolute Gasteiger partial charge is 0.243 e. The molecule has 2 heterocycles. The molecule has 27 heavy (non-hydrogen) atoms. The first-order valence-corrected chi connectivity index (χ1v) is 11.2. The van der Waals surface area contributed by atoms with Gasteiger partial charge in [0, 0.05) is 32.1 Å². The number of nitrogens with zero attached hydrogens (tertiary/aromatic N) is 2. The topological polar surface area (TPSA) is 66.9 Å². The third-order valence-corrected chi connectivity index (χ3v) is 7.67. The van der Waals surface area contributed by atoms with Gasteiger partial charge in [-0.25, -0.2) is 8.42 Å². The number of aryl methyl sites for hydroxylation is 1. The van der Waals surface area contributed by atoms with Gasteiger partial charge < -0.3 is 9.64 Å². The number of rotatable bonds is 4. The van der Waals surface area contributed by atoms with E-state index < -0.39 is 10.0 Å². The van der Waals surface area contributed by atoms with Crippen LogP contribution in [-0.2, 0) is 14.8 Å². The molecule has 0 radical (unpaired) electrons. The molecule has 0 bridgehead atoms. The third-order valence-electron chi connectivity index (χ3n) is 5.78. The predicted octanol–water partition coefficient (Wildman–Crippen LogP) is 2.66. The Morgan fingerprint density at radius 2 is 1.85 bits per heavy atom. The molecule has 6 nitrogen and oxygen atoms in total. The van der Waals surface area contributed by atoms with Crippen LogP contribution in [0.2, 0.25) is 0 Å². The van der Waals surface area contributed by atoms with Gasteiger partial charge in [0.25, 0.3) is 0 Å². The first-order chi connectivity index (χ1) is 12.8. The normalized spacial score (nSPS) is 22.6. The van der Waals surface area contributed by atoms with Crippen molar-refractivity contribution in [3.63, 3.8) is 0 Å². The Morgan fingerprint density at radius 3 is 2.44 bits per heavy atom. The largest absolute Gasteiger partial charge is 0.496 e. The van der Waals surface area contributed by atoms with Crippen LogP contribution < -0.4 is 4.74 Å². The first kappa shape index (κ1) is 20.1. The quantitative estimate of drug-likeness (QED) is 0.787. The molecule has 7 heteroatoms. The molecule has 2 aliphatic rings. The number of hydrogen-bond donors (Lipinski definition) is 0. The molecule has 0 aliphatic carbocycles. The Balaban J connectivity index is 1.64. The van der Waals surface area contributed by atoms with E-state index in [1.54, 1.807) is 25.3 Å². The molecule has 1 aromatic rings. The highest BCUT2D eigenvalue weighted by Gasteiger charge is 2.34. The average molecular weight is 395 g/mol. The maximum absolute atomic E-state index is 13.0. The highest BCUT2D eigenvalue weighted by Crippen LogP contribution is 2.28. The van der Waals surface area contributed by atoms with Crippen LogP contribution in [0.25, 0.3) is 0 Å². The van der Waals surface area contributed by atoms with Gasteiger partial charge in [0.1, 0.15) is 5.75 Å². The molecular formula is C20H30N2O4S. The lowest BCUT2D eigenvalue weighted by Crippen LogP contribution is -2.46. The Kier molecular flexibility index (Phi) is 6.11. The minimum Gasteiger partial charge on any atom is -0.496 e. The van der Waals surface area contributed by atoms with Crippen molar-refractivity contribution >= 4 is 15.9 Å². The molecule has 0 saturated carbocycles. The number of carbonyl (C=O) groups excluding carboxylic acids is 1. The summed E-state index contributed by atoms with van der Waals surface area (Å²) in [6.07, 6.45) is 3.44. The lowest BCUT2D eigenvalue weighted by molar-refractivity contribution is -0.138. The summed E-state index contributed by atoms with van der Waals surface area (Å²) >= 11 is 0. The second kappa shape index (κ2) is 8.19. The summed E-state index contributed by atoms with van der Waals surface area (Å²) in [5.41, 5.74) is 0.794. The van der Waals surface area contributed by atoms with Crippen LogP contribution >= 0.6 is 0 Å². The molecule has 0 N–H and O–H groups in total. The van der Waals surface area contributed by atoms with E-state index in [0.29, 0.717) is 37.6 Å². The summed E-state index contributed by atoms with van der Waals surface area (Å²) in [5, 5.41) is 0. The van der Waals surface area contributed by atoms with Gasteiger partial charge in [0.2, 0.25) is 15.9 Å². The minimum atomic E-state index is -3.54. The van der Waals surface area contributed by atoms with Gasteiger partial charge in [0.05, 0.1) is 12.0 Å². The van der Waals surface area contributed by atoms with Gasteiger partial charge in [0.15, 0.2) is 0 Å². The van der Waals surface area contributed by atoms with E-state index in [2.05, 4.69) is 6.92 Å². The Hall–Kier alpha value is -1.60. The van der Waals surface area contributed by atoms with Gasteiger partial charge >= 0.3 is 0 Å². The van der Waals surface area contributed by atoms with Gasteiger partial charge in [-0.05, 0) is 62.3 Å². The average Bonchev–Trinajstić information content (AvgIpc) is 2.67. The fraction of sp³-hybridized carbons (Fsp3) is 0.650. The first-order valence-electron chi connectivity index (χ1n) is 9.76. The van der Waals surface area contributed by atoms with Gasteiger partial charge in [-0.1, -0.05) is 6.92 Å². The number of piperidine rings is 2. The van der Waals surface area contributed by atoms with Crippen molar-refractivity contribution in [2.24, 2.45) is 11.8 Å². The minimum absolute atomic E-state index is 0.0562. The zero-order chi connectivity index (χ0) is 19.6. The maximum Gasteiger partial charge on any atom is 0.243 e. The Morgan fingerprint density at radius 1 is 1.15 bits per heavy atom. The maximum atomic E-state index is 13.0. The third kappa shape index (κ3) is 4.29. The van der Waals surface area contributed by atoms with Crippen molar-refractivity contribution in [3.8, 4) is 5.75 Å². The van der Waals surface area contributed by atoms with E-state index in [4.69, 9.17) is 4.74 Å². The number of carbonyl (C=O) groups is 1. The van der Waals surface area contributed by atoms with Gasteiger partial charge in [-0.3, -0.25) is 4.79 Å². The predicted molar refractivity (Wildman–Crippen MR) is 104 cm³/mol. The number of amides is 1. The molecule has 3 rings (SSSR count). The number of likely N-dealkylation sites (tertiary alicyclic amines) is 1. The second-order valence-corrected chi connectivity index (χ2v) is 9.78. The van der Waals surface area contributed by atoms with Crippen LogP contribution in [0.4, 0.5) is 0 Å². The number of ether oxygens (including phenoxy) is 1. The van der Waals surface area contributed by atoms with Crippen molar-refractivity contribution in [3.05, 3.63) is 23.8 Å². The molecule has 0 spiro atoms.